The van der Waals surface area contributed by atoms with Crippen molar-refractivity contribution >= 4 is 35.0 Å². The number of amides is 1. The molecule has 0 aliphatic rings. The Morgan fingerprint density at radius 1 is 1.25 bits per heavy atom. The molecule has 0 unspecified atom stereocenters. The maximum Gasteiger partial charge on any atom is 0.311 e. The molecule has 0 atom stereocenters. The molecule has 144 valence electrons. The third-order valence-electron chi connectivity index (χ3n) is 3.82. The molecule has 0 heterocycles. The van der Waals surface area contributed by atoms with Crippen molar-refractivity contribution in [2.24, 2.45) is 0 Å². The molecular weight excluding hydrogens is 386 g/mol. The molecule has 0 saturated carbocycles. The van der Waals surface area contributed by atoms with Gasteiger partial charge in [0.1, 0.15) is 17.4 Å². The Morgan fingerprint density at radius 3 is 2.46 bits per heavy atom. The highest BCUT2D eigenvalue weighted by molar-refractivity contribution is 6.31. The van der Waals surface area contributed by atoms with E-state index in [1.807, 2.05) is 6.92 Å². The monoisotopic (exact) mass is 401 g/mol. The predicted octanol–water partition coefficient (Wildman–Crippen LogP) is 4.12. The number of nitrogens with one attached hydrogen (secondary N) is 1. The van der Waals surface area contributed by atoms with Crippen molar-refractivity contribution in [3.63, 3.8) is 0 Å². The molecule has 1 N–H and O–H groups in total. The number of ether oxygens (including phenoxy) is 2. The maximum atomic E-state index is 12.4. The second-order valence-electron chi connectivity index (χ2n) is 5.61. The van der Waals surface area contributed by atoms with Crippen molar-refractivity contribution in [2.75, 3.05) is 19.5 Å². The molecule has 2 aromatic rings. The van der Waals surface area contributed by atoms with E-state index in [9.17, 15) is 20.2 Å². The van der Waals surface area contributed by atoms with E-state index in [1.165, 1.54) is 32.4 Å². The van der Waals surface area contributed by atoms with Crippen molar-refractivity contribution in [2.45, 2.75) is 6.92 Å². The van der Waals surface area contributed by atoms with E-state index in [4.69, 9.17) is 21.1 Å². The number of halogens is 1. The largest absolute Gasteiger partial charge is 0.496 e. The number of carbonyl (C=O) groups excluding carboxylic acids is 1. The van der Waals surface area contributed by atoms with Gasteiger partial charge in [-0.25, -0.2) is 0 Å². The van der Waals surface area contributed by atoms with E-state index in [0.717, 1.165) is 5.56 Å². The van der Waals surface area contributed by atoms with Crippen molar-refractivity contribution in [3.8, 4) is 17.6 Å². The topological polar surface area (TPSA) is 114 Å². The van der Waals surface area contributed by atoms with Crippen molar-refractivity contribution < 1.29 is 19.2 Å². The second-order valence-corrected chi connectivity index (χ2v) is 6.02. The van der Waals surface area contributed by atoms with Crippen LogP contribution in [0.4, 0.5) is 11.4 Å². The minimum atomic E-state index is -0.692. The quantitative estimate of drug-likeness (QED) is 0.337. The molecule has 0 aliphatic carbocycles. The van der Waals surface area contributed by atoms with Crippen LogP contribution < -0.4 is 14.8 Å². The normalized spacial score (nSPS) is 10.8. The number of nitro benzene ring substituents is 1. The smallest absolute Gasteiger partial charge is 0.311 e. The van der Waals surface area contributed by atoms with Gasteiger partial charge in [-0.1, -0.05) is 17.7 Å². The maximum absolute atomic E-state index is 12.4. The number of rotatable bonds is 6. The summed E-state index contributed by atoms with van der Waals surface area (Å²) >= 11 is 6.03. The molecule has 0 saturated heterocycles. The van der Waals surface area contributed by atoms with Gasteiger partial charge in [0.15, 0.2) is 0 Å². The van der Waals surface area contributed by atoms with Crippen LogP contribution in [0.1, 0.15) is 11.1 Å². The Labute approximate surface area is 166 Å². The van der Waals surface area contributed by atoms with E-state index in [2.05, 4.69) is 5.32 Å². The van der Waals surface area contributed by atoms with Gasteiger partial charge in [-0.15, -0.1) is 0 Å². The number of aryl methyl sites for hydroxylation is 1. The summed E-state index contributed by atoms with van der Waals surface area (Å²) in [5.74, 6) is -0.486. The van der Waals surface area contributed by atoms with Gasteiger partial charge in [-0.3, -0.25) is 14.9 Å². The first kappa shape index (κ1) is 20.7. The molecule has 9 heteroatoms. The summed E-state index contributed by atoms with van der Waals surface area (Å²) in [5, 5.41) is 23.6. The summed E-state index contributed by atoms with van der Waals surface area (Å²) in [6.07, 6.45) is 1.20. The number of anilines is 1. The van der Waals surface area contributed by atoms with Gasteiger partial charge in [0.25, 0.3) is 5.91 Å². The number of benzene rings is 2. The molecule has 28 heavy (non-hydrogen) atoms. The van der Waals surface area contributed by atoms with Crippen LogP contribution in [0, 0.1) is 28.4 Å². The molecule has 2 rings (SSSR count). The zero-order valence-corrected chi connectivity index (χ0v) is 16.0. The van der Waals surface area contributed by atoms with Crippen LogP contribution in [-0.4, -0.2) is 25.1 Å². The highest BCUT2D eigenvalue weighted by atomic mass is 35.5. The molecule has 0 aliphatic heterocycles. The van der Waals surface area contributed by atoms with Gasteiger partial charge >= 0.3 is 5.69 Å². The van der Waals surface area contributed by atoms with Gasteiger partial charge in [0.2, 0.25) is 5.75 Å². The summed E-state index contributed by atoms with van der Waals surface area (Å²) in [6.45, 7) is 1.82. The fourth-order valence-corrected chi connectivity index (χ4v) is 2.52. The minimum Gasteiger partial charge on any atom is -0.496 e. The number of nitro groups is 1. The number of hydrogen-bond acceptors (Lipinski definition) is 6. The number of hydrogen-bond donors (Lipinski definition) is 1. The Hall–Kier alpha value is -3.57. The van der Waals surface area contributed by atoms with Gasteiger partial charge in [0.05, 0.1) is 19.1 Å². The summed E-state index contributed by atoms with van der Waals surface area (Å²) in [4.78, 5) is 23.0. The lowest BCUT2D eigenvalue weighted by Crippen LogP contribution is -2.13. The molecule has 0 spiro atoms. The number of methoxy groups -OCH3 is 2. The van der Waals surface area contributed by atoms with Gasteiger partial charge in [-0.2, -0.15) is 5.26 Å². The number of nitriles is 1. The molecule has 0 fully saturated rings. The first-order valence-electron chi connectivity index (χ1n) is 7.90. The summed E-state index contributed by atoms with van der Waals surface area (Å²) < 4.78 is 10.2. The van der Waals surface area contributed by atoms with Crippen LogP contribution in [0.15, 0.2) is 35.9 Å². The van der Waals surface area contributed by atoms with Gasteiger partial charge < -0.3 is 14.8 Å². The van der Waals surface area contributed by atoms with Crippen LogP contribution in [-0.2, 0) is 4.79 Å². The molecule has 1 amide bonds. The van der Waals surface area contributed by atoms with E-state index in [0.29, 0.717) is 10.7 Å². The van der Waals surface area contributed by atoms with Crippen LogP contribution in [0.3, 0.4) is 0 Å². The third kappa shape index (κ3) is 4.58. The average molecular weight is 402 g/mol. The predicted molar refractivity (Wildman–Crippen MR) is 105 cm³/mol. The molecule has 2 aromatic carbocycles. The van der Waals surface area contributed by atoms with Crippen LogP contribution in [0.2, 0.25) is 5.02 Å². The van der Waals surface area contributed by atoms with E-state index >= 15 is 0 Å². The van der Waals surface area contributed by atoms with Crippen LogP contribution in [0.5, 0.6) is 11.5 Å². The van der Waals surface area contributed by atoms with Crippen LogP contribution >= 0.6 is 11.6 Å². The first-order chi connectivity index (χ1) is 13.3. The van der Waals surface area contributed by atoms with Gasteiger partial charge in [-0.05, 0) is 30.7 Å². The Morgan fingerprint density at radius 2 is 1.93 bits per heavy atom. The van der Waals surface area contributed by atoms with Crippen LogP contribution in [0.25, 0.3) is 6.08 Å². The molecule has 0 aromatic heterocycles. The molecular formula is C19H16ClN3O5. The Balaban J connectivity index is 2.43. The van der Waals surface area contributed by atoms with E-state index in [-0.39, 0.29) is 28.3 Å². The molecule has 0 radical (unpaired) electrons. The zero-order chi connectivity index (χ0) is 20.8. The second kappa shape index (κ2) is 8.88. The molecule has 8 nitrogen and oxygen atoms in total. The average Bonchev–Trinajstić information content (AvgIpc) is 2.68. The third-order valence-corrected chi connectivity index (χ3v) is 4.23. The highest BCUT2D eigenvalue weighted by Gasteiger charge is 2.20. The highest BCUT2D eigenvalue weighted by Crippen LogP contribution is 2.35. The number of carbonyl (C=O) groups is 1. The summed E-state index contributed by atoms with van der Waals surface area (Å²) in [6, 6.07) is 9.20. The van der Waals surface area contributed by atoms with Gasteiger partial charge in [0, 0.05) is 28.4 Å². The Kier molecular flexibility index (Phi) is 6.58. The number of nitrogens with zero attached hydrogens (tertiary/aromatic N) is 2. The van der Waals surface area contributed by atoms with Crippen molar-refractivity contribution in [3.05, 3.63) is 62.2 Å². The van der Waals surface area contributed by atoms with Crippen molar-refractivity contribution in [1.82, 2.24) is 0 Å². The minimum absolute atomic E-state index is 0.00347. The Bertz CT molecular complexity index is 1010. The SMILES string of the molecule is COc1cc(OC)c([N+](=O)[O-])cc1/C=C(\C#N)C(=O)Nc1ccc(C)c(Cl)c1. The zero-order valence-electron chi connectivity index (χ0n) is 15.3. The van der Waals surface area contributed by atoms with E-state index in [1.54, 1.807) is 24.3 Å². The lowest BCUT2D eigenvalue weighted by molar-refractivity contribution is -0.385. The molecule has 0 bridgehead atoms. The fraction of sp³-hybridized carbons (Fsp3) is 0.158. The fourth-order valence-electron chi connectivity index (χ4n) is 2.33. The summed E-state index contributed by atoms with van der Waals surface area (Å²) in [5.41, 5.74) is 0.844. The lowest BCUT2D eigenvalue weighted by Gasteiger charge is -2.09. The first-order valence-corrected chi connectivity index (χ1v) is 8.28. The summed E-state index contributed by atoms with van der Waals surface area (Å²) in [7, 11) is 2.65. The standard InChI is InChI=1S/C19H16ClN3O5/c1-11-4-5-14(8-15(11)20)22-19(24)13(10-21)6-12-7-16(23(25)26)18(28-3)9-17(12)27-2/h4-9H,1-3H3,(H,22,24)/b13-6+. The van der Waals surface area contributed by atoms with E-state index < -0.39 is 10.8 Å². The van der Waals surface area contributed by atoms with Crippen molar-refractivity contribution in [1.29, 1.82) is 5.26 Å². The lowest BCUT2D eigenvalue weighted by atomic mass is 10.1.